The van der Waals surface area contributed by atoms with E-state index in [2.05, 4.69) is 24.5 Å². The van der Waals surface area contributed by atoms with Gasteiger partial charge in [-0.15, -0.1) is 0 Å². The summed E-state index contributed by atoms with van der Waals surface area (Å²) in [4.78, 5) is 14.4. The smallest absolute Gasteiger partial charge is 0.194 e. The molecule has 5 rings (SSSR count). The Morgan fingerprint density at radius 1 is 1.05 bits per heavy atom. The Balaban J connectivity index is 1.29. The van der Waals surface area contributed by atoms with Gasteiger partial charge in [0.05, 0.1) is 12.2 Å². The van der Waals surface area contributed by atoms with Crippen LogP contribution in [0.3, 0.4) is 0 Å². The predicted octanol–water partition coefficient (Wildman–Crippen LogP) is 7.98. The summed E-state index contributed by atoms with van der Waals surface area (Å²) in [5.74, 6) is -2.30. The SMILES string of the molecule is C=C(CC1(OC)CN(Cc2cc(OCC)c(-c3cc(F)c(F)c(F)c3)c(C3CC3)c2)C1)C1CCC(C)(C(C)=O)CC1. The number of Topliss-reactive ketones (excluding diaryl/α,β-unsaturated/α-hetero) is 1. The number of hydrogen-bond acceptors (Lipinski definition) is 4. The lowest BCUT2D eigenvalue weighted by molar-refractivity contribution is -0.130. The normalized spacial score (nSPS) is 24.1. The average Bonchev–Trinajstić information content (AvgIpc) is 3.76. The van der Waals surface area contributed by atoms with E-state index >= 15 is 0 Å². The molecule has 1 heterocycles. The van der Waals surface area contributed by atoms with Crippen molar-refractivity contribution in [3.8, 4) is 16.9 Å². The van der Waals surface area contributed by atoms with Crippen molar-refractivity contribution in [2.24, 2.45) is 11.3 Å². The zero-order valence-corrected chi connectivity index (χ0v) is 24.8. The van der Waals surface area contributed by atoms with Gasteiger partial charge in [-0.1, -0.05) is 25.1 Å². The van der Waals surface area contributed by atoms with Crippen LogP contribution in [0, 0.1) is 28.8 Å². The molecular formula is C34H42F3NO3. The van der Waals surface area contributed by atoms with Crippen LogP contribution in [0.15, 0.2) is 36.4 Å². The number of likely N-dealkylation sites (tertiary alicyclic amines) is 1. The van der Waals surface area contributed by atoms with Gasteiger partial charge in [-0.05, 0) is 106 Å². The van der Waals surface area contributed by atoms with Crippen LogP contribution < -0.4 is 4.74 Å². The van der Waals surface area contributed by atoms with Crippen molar-refractivity contribution in [2.45, 2.75) is 83.8 Å². The number of hydrogen-bond donors (Lipinski definition) is 0. The van der Waals surface area contributed by atoms with Gasteiger partial charge in [0, 0.05) is 37.7 Å². The van der Waals surface area contributed by atoms with Crippen molar-refractivity contribution < 1.29 is 27.4 Å². The van der Waals surface area contributed by atoms with Crippen LogP contribution in [0.5, 0.6) is 5.75 Å². The Morgan fingerprint density at radius 2 is 1.68 bits per heavy atom. The van der Waals surface area contributed by atoms with E-state index < -0.39 is 17.5 Å². The molecule has 1 saturated heterocycles. The highest BCUT2D eigenvalue weighted by Gasteiger charge is 2.45. The molecule has 0 bridgehead atoms. The van der Waals surface area contributed by atoms with Crippen molar-refractivity contribution in [1.29, 1.82) is 0 Å². The first-order chi connectivity index (χ1) is 19.5. The third-order valence-electron chi connectivity index (χ3n) is 9.71. The third-order valence-corrected chi connectivity index (χ3v) is 9.71. The fraction of sp³-hybridized carbons (Fsp3) is 0.559. The molecule has 4 nitrogen and oxygen atoms in total. The Kier molecular flexibility index (Phi) is 8.41. The van der Waals surface area contributed by atoms with Crippen LogP contribution in [0.1, 0.15) is 82.8 Å². The van der Waals surface area contributed by atoms with Crippen molar-refractivity contribution in [3.05, 3.63) is 65.0 Å². The van der Waals surface area contributed by atoms with Gasteiger partial charge in [0.2, 0.25) is 0 Å². The minimum atomic E-state index is -1.46. The van der Waals surface area contributed by atoms with Gasteiger partial charge < -0.3 is 9.47 Å². The number of ketones is 1. The molecule has 0 atom stereocenters. The molecule has 3 aliphatic rings. The number of methoxy groups -OCH3 is 1. The second kappa shape index (κ2) is 11.6. The largest absolute Gasteiger partial charge is 0.493 e. The average molecular weight is 570 g/mol. The molecule has 0 aromatic heterocycles. The molecule has 41 heavy (non-hydrogen) atoms. The van der Waals surface area contributed by atoms with Gasteiger partial charge in [0.25, 0.3) is 0 Å². The molecule has 3 fully saturated rings. The van der Waals surface area contributed by atoms with Gasteiger partial charge >= 0.3 is 0 Å². The minimum absolute atomic E-state index is 0.197. The monoisotopic (exact) mass is 569 g/mol. The molecule has 0 unspecified atom stereocenters. The van der Waals surface area contributed by atoms with Crippen molar-refractivity contribution >= 4 is 5.78 Å². The number of rotatable bonds is 11. The van der Waals surface area contributed by atoms with E-state index in [1.165, 1.54) is 5.57 Å². The fourth-order valence-electron chi connectivity index (χ4n) is 6.81. The van der Waals surface area contributed by atoms with Gasteiger partial charge in [0.1, 0.15) is 11.5 Å². The first kappa shape index (κ1) is 29.8. The lowest BCUT2D eigenvalue weighted by atomic mass is 9.67. The van der Waals surface area contributed by atoms with Crippen LogP contribution in [0.4, 0.5) is 13.2 Å². The fourth-order valence-corrected chi connectivity index (χ4v) is 6.81. The molecule has 0 amide bonds. The summed E-state index contributed by atoms with van der Waals surface area (Å²) in [5, 5.41) is 0. The Labute approximate surface area is 241 Å². The first-order valence-corrected chi connectivity index (χ1v) is 14.9. The molecule has 2 aromatic rings. The second-order valence-corrected chi connectivity index (χ2v) is 12.8. The Morgan fingerprint density at radius 3 is 2.22 bits per heavy atom. The molecule has 0 N–H and O–H groups in total. The maximum atomic E-state index is 14.2. The highest BCUT2D eigenvalue weighted by Crippen LogP contribution is 2.49. The van der Waals surface area contributed by atoms with Crippen LogP contribution in [-0.2, 0) is 16.1 Å². The lowest BCUT2D eigenvalue weighted by Gasteiger charge is -2.50. The maximum Gasteiger partial charge on any atom is 0.194 e. The Bertz CT molecular complexity index is 1300. The van der Waals surface area contributed by atoms with Crippen LogP contribution in [0.2, 0.25) is 0 Å². The number of benzene rings is 2. The molecule has 2 aromatic carbocycles. The molecule has 7 heteroatoms. The molecule has 222 valence electrons. The van der Waals surface area contributed by atoms with E-state index in [-0.39, 0.29) is 16.8 Å². The van der Waals surface area contributed by atoms with E-state index in [1.807, 2.05) is 13.0 Å². The van der Waals surface area contributed by atoms with E-state index in [0.29, 0.717) is 41.9 Å². The quantitative estimate of drug-likeness (QED) is 0.203. The number of halogens is 3. The maximum absolute atomic E-state index is 14.2. The number of carbonyl (C=O) groups is 1. The summed E-state index contributed by atoms with van der Waals surface area (Å²) in [6.07, 6.45) is 6.62. The highest BCUT2D eigenvalue weighted by atomic mass is 19.2. The summed E-state index contributed by atoms with van der Waals surface area (Å²) in [5.41, 5.74) is 3.76. The van der Waals surface area contributed by atoms with E-state index in [9.17, 15) is 18.0 Å². The van der Waals surface area contributed by atoms with Crippen molar-refractivity contribution in [2.75, 3.05) is 26.8 Å². The van der Waals surface area contributed by atoms with E-state index in [0.717, 1.165) is 81.3 Å². The van der Waals surface area contributed by atoms with Gasteiger partial charge in [-0.25, -0.2) is 13.2 Å². The van der Waals surface area contributed by atoms with Gasteiger partial charge in [-0.3, -0.25) is 9.69 Å². The lowest BCUT2D eigenvalue weighted by Crippen LogP contribution is -2.62. The number of carbonyl (C=O) groups excluding carboxylic acids is 1. The van der Waals surface area contributed by atoms with Crippen LogP contribution >= 0.6 is 0 Å². The second-order valence-electron chi connectivity index (χ2n) is 12.8. The molecule has 2 saturated carbocycles. The highest BCUT2D eigenvalue weighted by molar-refractivity contribution is 5.82. The number of ether oxygens (including phenoxy) is 2. The summed E-state index contributed by atoms with van der Waals surface area (Å²) in [6.45, 7) is 12.8. The molecule has 1 aliphatic heterocycles. The summed E-state index contributed by atoms with van der Waals surface area (Å²) in [6, 6.07) is 6.19. The van der Waals surface area contributed by atoms with Crippen molar-refractivity contribution in [3.63, 3.8) is 0 Å². The molecule has 0 radical (unpaired) electrons. The third kappa shape index (κ3) is 6.12. The van der Waals surface area contributed by atoms with Crippen LogP contribution in [-0.4, -0.2) is 43.1 Å². The van der Waals surface area contributed by atoms with E-state index in [4.69, 9.17) is 9.47 Å². The molecule has 0 spiro atoms. The predicted molar refractivity (Wildman–Crippen MR) is 154 cm³/mol. The van der Waals surface area contributed by atoms with Gasteiger partial charge in [-0.2, -0.15) is 0 Å². The Hall–Kier alpha value is -2.64. The first-order valence-electron chi connectivity index (χ1n) is 14.9. The summed E-state index contributed by atoms with van der Waals surface area (Å²) in [7, 11) is 1.77. The van der Waals surface area contributed by atoms with Gasteiger partial charge in [0.15, 0.2) is 17.5 Å². The zero-order chi connectivity index (χ0) is 29.5. The van der Waals surface area contributed by atoms with Crippen molar-refractivity contribution in [1.82, 2.24) is 4.90 Å². The summed E-state index contributed by atoms with van der Waals surface area (Å²) >= 11 is 0. The number of nitrogens with zero attached hydrogens (tertiary/aromatic N) is 1. The molecule has 2 aliphatic carbocycles. The summed E-state index contributed by atoms with van der Waals surface area (Å²) < 4.78 is 54.1. The molecular weight excluding hydrogens is 527 g/mol. The van der Waals surface area contributed by atoms with E-state index in [1.54, 1.807) is 14.0 Å². The minimum Gasteiger partial charge on any atom is -0.493 e. The zero-order valence-electron chi connectivity index (χ0n) is 24.8. The van der Waals surface area contributed by atoms with Crippen LogP contribution in [0.25, 0.3) is 11.1 Å². The topological polar surface area (TPSA) is 38.8 Å². The standard InChI is InChI=1S/C34H42F3NO3/c1-6-41-30-14-23(13-27(25-7-8-25)31(30)26-15-28(35)32(37)29(36)16-26)18-38-19-34(20-38,40-5)17-21(2)24-9-11-33(4,12-10-24)22(3)39/h13-16,24-25H,2,6-12,17-20H2,1,3-5H3.